The van der Waals surface area contributed by atoms with Crippen LogP contribution in [-0.2, 0) is 10.3 Å². The molecular formula is C14H22N2O3. The van der Waals surface area contributed by atoms with Crippen molar-refractivity contribution in [2.24, 2.45) is 5.73 Å². The summed E-state index contributed by atoms with van der Waals surface area (Å²) in [4.78, 5) is 11.6. The van der Waals surface area contributed by atoms with E-state index < -0.39 is 17.2 Å². The van der Waals surface area contributed by atoms with Gasteiger partial charge in [-0.3, -0.25) is 0 Å². The highest BCUT2D eigenvalue weighted by Crippen LogP contribution is 2.26. The van der Waals surface area contributed by atoms with E-state index in [-0.39, 0.29) is 12.3 Å². The first-order valence-corrected chi connectivity index (χ1v) is 6.16. The summed E-state index contributed by atoms with van der Waals surface area (Å²) in [6.45, 7) is 7.27. The van der Waals surface area contributed by atoms with Crippen molar-refractivity contribution < 1.29 is 14.6 Å². The number of carbonyl (C=O) groups is 1. The fourth-order valence-electron chi connectivity index (χ4n) is 1.62. The van der Waals surface area contributed by atoms with Gasteiger partial charge < -0.3 is 20.9 Å². The quantitative estimate of drug-likeness (QED) is 0.782. The molecule has 19 heavy (non-hydrogen) atoms. The van der Waals surface area contributed by atoms with Gasteiger partial charge in [-0.25, -0.2) is 4.79 Å². The summed E-state index contributed by atoms with van der Waals surface area (Å²) in [5.74, 6) is 0.110. The fraction of sp³-hybridized carbons (Fsp3) is 0.500. The van der Waals surface area contributed by atoms with Gasteiger partial charge in [0.15, 0.2) is 0 Å². The SMILES string of the molecule is CC(C)(C)OC(=O)NCC(C)(N)c1ccccc1O. The Morgan fingerprint density at radius 1 is 1.32 bits per heavy atom. The van der Waals surface area contributed by atoms with Crippen LogP contribution in [0.2, 0.25) is 0 Å². The van der Waals surface area contributed by atoms with Gasteiger partial charge in [0.2, 0.25) is 0 Å². The molecule has 0 fully saturated rings. The first kappa shape index (κ1) is 15.3. The highest BCUT2D eigenvalue weighted by atomic mass is 16.6. The molecule has 1 aromatic carbocycles. The van der Waals surface area contributed by atoms with Crippen LogP contribution in [0.15, 0.2) is 24.3 Å². The van der Waals surface area contributed by atoms with Crippen molar-refractivity contribution in [3.05, 3.63) is 29.8 Å². The number of aromatic hydroxyl groups is 1. The Morgan fingerprint density at radius 2 is 1.89 bits per heavy atom. The van der Waals surface area contributed by atoms with E-state index in [0.29, 0.717) is 5.56 Å². The van der Waals surface area contributed by atoms with E-state index in [1.54, 1.807) is 52.0 Å². The predicted octanol–water partition coefficient (Wildman–Crippen LogP) is 2.09. The number of benzene rings is 1. The zero-order chi connectivity index (χ0) is 14.7. The van der Waals surface area contributed by atoms with E-state index in [0.717, 1.165) is 0 Å². The molecule has 1 amide bonds. The molecule has 1 unspecified atom stereocenters. The van der Waals surface area contributed by atoms with E-state index in [4.69, 9.17) is 10.5 Å². The summed E-state index contributed by atoms with van der Waals surface area (Å²) < 4.78 is 5.13. The molecule has 5 heteroatoms. The van der Waals surface area contributed by atoms with Gasteiger partial charge in [-0.1, -0.05) is 18.2 Å². The number of phenolic OH excluding ortho intramolecular Hbond substituents is 1. The van der Waals surface area contributed by atoms with Crippen molar-refractivity contribution in [2.75, 3.05) is 6.54 Å². The third-order valence-corrected chi connectivity index (χ3v) is 2.52. The molecule has 1 rings (SSSR count). The second-order valence-corrected chi connectivity index (χ2v) is 5.79. The van der Waals surface area contributed by atoms with Crippen LogP contribution in [0.1, 0.15) is 33.3 Å². The molecule has 106 valence electrons. The van der Waals surface area contributed by atoms with Crippen molar-refractivity contribution in [3.63, 3.8) is 0 Å². The summed E-state index contributed by atoms with van der Waals surface area (Å²) in [6, 6.07) is 6.80. The van der Waals surface area contributed by atoms with Crippen LogP contribution in [0.4, 0.5) is 4.79 Å². The Kier molecular flexibility index (Phi) is 4.42. The van der Waals surface area contributed by atoms with E-state index in [1.165, 1.54) is 0 Å². The summed E-state index contributed by atoms with van der Waals surface area (Å²) >= 11 is 0. The van der Waals surface area contributed by atoms with Crippen LogP contribution in [0.3, 0.4) is 0 Å². The molecule has 0 bridgehead atoms. The number of rotatable bonds is 3. The average molecular weight is 266 g/mol. The molecule has 0 aliphatic carbocycles. The first-order valence-electron chi connectivity index (χ1n) is 6.16. The standard InChI is InChI=1S/C14H22N2O3/c1-13(2,3)19-12(18)16-9-14(4,15)10-7-5-6-8-11(10)17/h5-8,17H,9,15H2,1-4H3,(H,16,18). The minimum atomic E-state index is -0.873. The summed E-state index contributed by atoms with van der Waals surface area (Å²) in [7, 11) is 0. The van der Waals surface area contributed by atoms with Crippen LogP contribution in [0, 0.1) is 0 Å². The number of nitrogens with one attached hydrogen (secondary N) is 1. The lowest BCUT2D eigenvalue weighted by Crippen LogP contribution is -2.46. The highest BCUT2D eigenvalue weighted by molar-refractivity contribution is 5.67. The molecule has 0 heterocycles. The van der Waals surface area contributed by atoms with Crippen molar-refractivity contribution in [1.29, 1.82) is 0 Å². The Morgan fingerprint density at radius 3 is 2.42 bits per heavy atom. The lowest BCUT2D eigenvalue weighted by Gasteiger charge is -2.27. The van der Waals surface area contributed by atoms with Crippen LogP contribution in [0.5, 0.6) is 5.75 Å². The van der Waals surface area contributed by atoms with Crippen LogP contribution < -0.4 is 11.1 Å². The normalized spacial score (nSPS) is 14.6. The zero-order valence-electron chi connectivity index (χ0n) is 11.9. The van der Waals surface area contributed by atoms with E-state index in [9.17, 15) is 9.90 Å². The minimum Gasteiger partial charge on any atom is -0.508 e. The van der Waals surface area contributed by atoms with E-state index in [2.05, 4.69) is 5.32 Å². The average Bonchev–Trinajstić information content (AvgIpc) is 2.24. The van der Waals surface area contributed by atoms with Gasteiger partial charge in [0.05, 0.1) is 5.54 Å². The number of nitrogens with two attached hydrogens (primary N) is 1. The van der Waals surface area contributed by atoms with Gasteiger partial charge >= 0.3 is 6.09 Å². The third-order valence-electron chi connectivity index (χ3n) is 2.52. The fourth-order valence-corrected chi connectivity index (χ4v) is 1.62. The number of carbonyl (C=O) groups excluding carboxylic acids is 1. The van der Waals surface area contributed by atoms with Gasteiger partial charge in [0, 0.05) is 12.1 Å². The van der Waals surface area contributed by atoms with Crippen molar-refractivity contribution >= 4 is 6.09 Å². The van der Waals surface area contributed by atoms with Gasteiger partial charge in [-0.2, -0.15) is 0 Å². The summed E-state index contributed by atoms with van der Waals surface area (Å²) in [6.07, 6.45) is -0.528. The number of hydrogen-bond donors (Lipinski definition) is 3. The lowest BCUT2D eigenvalue weighted by atomic mass is 9.92. The van der Waals surface area contributed by atoms with Gasteiger partial charge in [0.25, 0.3) is 0 Å². The summed E-state index contributed by atoms with van der Waals surface area (Å²) in [5, 5.41) is 12.4. The van der Waals surface area contributed by atoms with Gasteiger partial charge in [-0.05, 0) is 33.8 Å². The Hall–Kier alpha value is -1.75. The molecule has 0 aliphatic rings. The predicted molar refractivity (Wildman–Crippen MR) is 73.9 cm³/mol. The highest BCUT2D eigenvalue weighted by Gasteiger charge is 2.26. The largest absolute Gasteiger partial charge is 0.508 e. The van der Waals surface area contributed by atoms with Gasteiger partial charge in [0.1, 0.15) is 11.4 Å². The molecule has 0 aliphatic heterocycles. The van der Waals surface area contributed by atoms with Crippen molar-refractivity contribution in [1.82, 2.24) is 5.32 Å². The van der Waals surface area contributed by atoms with Gasteiger partial charge in [-0.15, -0.1) is 0 Å². The number of phenols is 1. The number of ether oxygens (including phenoxy) is 1. The molecule has 0 aromatic heterocycles. The zero-order valence-corrected chi connectivity index (χ0v) is 11.9. The van der Waals surface area contributed by atoms with Crippen LogP contribution >= 0.6 is 0 Å². The minimum absolute atomic E-state index is 0.110. The molecule has 0 saturated carbocycles. The topological polar surface area (TPSA) is 84.6 Å². The maximum Gasteiger partial charge on any atom is 0.407 e. The molecule has 1 atom stereocenters. The number of amides is 1. The molecule has 0 spiro atoms. The Labute approximate surface area is 113 Å². The maximum absolute atomic E-state index is 11.6. The smallest absolute Gasteiger partial charge is 0.407 e. The molecular weight excluding hydrogens is 244 g/mol. The van der Waals surface area contributed by atoms with Crippen LogP contribution in [0.25, 0.3) is 0 Å². The number of para-hydroxylation sites is 1. The Bertz CT molecular complexity index is 450. The summed E-state index contributed by atoms with van der Waals surface area (Å²) in [5.41, 5.74) is 5.27. The number of alkyl carbamates (subject to hydrolysis) is 1. The Balaban J connectivity index is 2.66. The molecule has 5 nitrogen and oxygen atoms in total. The van der Waals surface area contributed by atoms with E-state index in [1.807, 2.05) is 0 Å². The molecule has 1 aromatic rings. The first-order chi connectivity index (χ1) is 8.62. The molecule has 0 saturated heterocycles. The lowest BCUT2D eigenvalue weighted by molar-refractivity contribution is 0.0515. The van der Waals surface area contributed by atoms with Crippen molar-refractivity contribution in [3.8, 4) is 5.75 Å². The number of hydrogen-bond acceptors (Lipinski definition) is 4. The second-order valence-electron chi connectivity index (χ2n) is 5.79. The maximum atomic E-state index is 11.6. The second kappa shape index (κ2) is 5.48. The molecule has 4 N–H and O–H groups in total. The van der Waals surface area contributed by atoms with Crippen LogP contribution in [-0.4, -0.2) is 23.3 Å². The molecule has 0 radical (unpaired) electrons. The monoisotopic (exact) mass is 266 g/mol. The third kappa shape index (κ3) is 4.79. The van der Waals surface area contributed by atoms with E-state index >= 15 is 0 Å². The van der Waals surface area contributed by atoms with Crippen molar-refractivity contribution in [2.45, 2.75) is 38.8 Å².